The van der Waals surface area contributed by atoms with Gasteiger partial charge in [-0.3, -0.25) is 28.8 Å². The number of hydrogen-bond donors (Lipinski definition) is 2. The first-order valence-corrected chi connectivity index (χ1v) is 14.7. The Morgan fingerprint density at radius 2 is 1.36 bits per heavy atom. The highest BCUT2D eigenvalue weighted by Crippen LogP contribution is 2.28. The van der Waals surface area contributed by atoms with Crippen LogP contribution in [0, 0.1) is 0 Å². The Morgan fingerprint density at radius 3 is 1.91 bits per heavy atom. The third kappa shape index (κ3) is 14.1. The van der Waals surface area contributed by atoms with E-state index in [0.29, 0.717) is 0 Å². The molecule has 0 aliphatic carbocycles. The van der Waals surface area contributed by atoms with E-state index in [4.69, 9.17) is 33.2 Å². The van der Waals surface area contributed by atoms with Gasteiger partial charge in [0.25, 0.3) is 0 Å². The Balaban J connectivity index is 2.36. The lowest BCUT2D eigenvalue weighted by atomic mass is 9.96. The fourth-order valence-electron chi connectivity index (χ4n) is 4.38. The molecule has 1 aliphatic heterocycles. The first-order chi connectivity index (χ1) is 21.9. The number of carbonyl (C=O) groups is 7. The van der Waals surface area contributed by atoms with E-state index >= 15 is 0 Å². The van der Waals surface area contributed by atoms with Crippen molar-refractivity contribution in [1.29, 1.82) is 0 Å². The minimum absolute atomic E-state index is 0.0131. The first-order valence-electron chi connectivity index (χ1n) is 14.7. The monoisotopic (exact) mass is 666 g/mol. The summed E-state index contributed by atoms with van der Waals surface area (Å²) >= 11 is 0. The molecular weight excluding hydrogens is 624 g/mol. The normalized spacial score (nSPS) is 21.2. The summed E-state index contributed by atoms with van der Waals surface area (Å²) in [6.45, 7) is 8.59. The first kappa shape index (κ1) is 38.5. The molecule has 1 saturated heterocycles. The van der Waals surface area contributed by atoms with Crippen molar-refractivity contribution in [3.05, 3.63) is 35.9 Å². The van der Waals surface area contributed by atoms with Gasteiger partial charge in [-0.05, 0) is 32.8 Å². The van der Waals surface area contributed by atoms with Gasteiger partial charge in [-0.1, -0.05) is 30.3 Å². The van der Waals surface area contributed by atoms with E-state index in [1.807, 2.05) is 6.07 Å². The second kappa shape index (κ2) is 17.8. The van der Waals surface area contributed by atoms with Gasteiger partial charge < -0.3 is 43.8 Å². The lowest BCUT2D eigenvalue weighted by molar-refractivity contribution is -0.257. The molecule has 0 unspecified atom stereocenters. The zero-order valence-electron chi connectivity index (χ0n) is 27.4. The average Bonchev–Trinajstić information content (AvgIpc) is 2.95. The maximum Gasteiger partial charge on any atom is 0.408 e. The molecule has 16 heteroatoms. The van der Waals surface area contributed by atoms with Gasteiger partial charge in [-0.15, -0.1) is 0 Å². The Hall–Kier alpha value is -4.73. The van der Waals surface area contributed by atoms with E-state index in [1.165, 1.54) is 0 Å². The minimum Gasteiger partial charge on any atom is -0.463 e. The molecule has 2 rings (SSSR count). The van der Waals surface area contributed by atoms with E-state index in [9.17, 15) is 33.6 Å². The van der Waals surface area contributed by atoms with Gasteiger partial charge in [0.2, 0.25) is 5.91 Å². The number of alkyl carbamates (subject to hydrolysis) is 1. The van der Waals surface area contributed by atoms with Crippen molar-refractivity contribution in [1.82, 2.24) is 10.6 Å². The topological polar surface area (TPSA) is 208 Å². The van der Waals surface area contributed by atoms with Crippen molar-refractivity contribution in [2.75, 3.05) is 6.61 Å². The molecule has 2 N–H and O–H groups in total. The molecule has 1 fully saturated rings. The van der Waals surface area contributed by atoms with E-state index in [2.05, 4.69) is 10.6 Å². The number of carbonyl (C=O) groups excluding carboxylic acids is 7. The summed E-state index contributed by atoms with van der Waals surface area (Å²) in [6, 6.07) is 7.48. The van der Waals surface area contributed by atoms with Crippen LogP contribution in [0.3, 0.4) is 0 Å². The standard InChI is InChI=1S/C31H42N2O14/c1-17(34)41-16-23-25(43-18(2)35)26(44-19(3)36)27(45-20(4)37)29(46-23)33-28(39)22(32-30(40)47-31(5,6)7)13-14-24(38)42-15-21-11-9-8-10-12-21/h8-12,22-23,25-27,29H,13-16H2,1-7H3,(H,32,40)(H,33,39)/t22-,23+,25-,26-,27+,29+/m0/s1. The number of esters is 5. The highest BCUT2D eigenvalue weighted by atomic mass is 16.7. The van der Waals surface area contributed by atoms with Gasteiger partial charge in [-0.25, -0.2) is 4.79 Å². The fourth-order valence-corrected chi connectivity index (χ4v) is 4.38. The third-order valence-corrected chi connectivity index (χ3v) is 6.16. The van der Waals surface area contributed by atoms with Gasteiger partial charge in [0.15, 0.2) is 24.5 Å². The van der Waals surface area contributed by atoms with Crippen molar-refractivity contribution in [2.45, 2.75) is 110 Å². The predicted molar refractivity (Wildman–Crippen MR) is 159 cm³/mol. The van der Waals surface area contributed by atoms with Crippen LogP contribution in [0.25, 0.3) is 0 Å². The Kier molecular flexibility index (Phi) is 14.6. The summed E-state index contributed by atoms with van der Waals surface area (Å²) in [6.07, 6.45) is -9.03. The molecule has 47 heavy (non-hydrogen) atoms. The Morgan fingerprint density at radius 1 is 0.787 bits per heavy atom. The fraction of sp³-hybridized carbons (Fsp3) is 0.581. The lowest BCUT2D eigenvalue weighted by Crippen LogP contribution is -2.67. The van der Waals surface area contributed by atoms with Crippen molar-refractivity contribution >= 4 is 41.8 Å². The second-order valence-corrected chi connectivity index (χ2v) is 11.5. The van der Waals surface area contributed by atoms with Crippen LogP contribution in [0.2, 0.25) is 0 Å². The molecule has 0 radical (unpaired) electrons. The van der Waals surface area contributed by atoms with Crippen molar-refractivity contribution in [2.24, 2.45) is 0 Å². The van der Waals surface area contributed by atoms with Crippen LogP contribution in [0.15, 0.2) is 30.3 Å². The molecule has 0 bridgehead atoms. The van der Waals surface area contributed by atoms with E-state index in [0.717, 1.165) is 33.3 Å². The van der Waals surface area contributed by atoms with Crippen molar-refractivity contribution in [3.63, 3.8) is 0 Å². The maximum atomic E-state index is 13.7. The lowest BCUT2D eigenvalue weighted by Gasteiger charge is -2.44. The van der Waals surface area contributed by atoms with E-state index < -0.39 is 90.7 Å². The maximum absolute atomic E-state index is 13.7. The van der Waals surface area contributed by atoms with Crippen molar-refractivity contribution < 1.29 is 66.7 Å². The number of amides is 2. The number of hydrogen-bond acceptors (Lipinski definition) is 14. The molecule has 6 atom stereocenters. The minimum atomic E-state index is -1.60. The average molecular weight is 667 g/mol. The summed E-state index contributed by atoms with van der Waals surface area (Å²) in [4.78, 5) is 86.6. The summed E-state index contributed by atoms with van der Waals surface area (Å²) < 4.78 is 37.6. The second-order valence-electron chi connectivity index (χ2n) is 11.5. The largest absolute Gasteiger partial charge is 0.463 e. The molecule has 1 heterocycles. The van der Waals surface area contributed by atoms with Crippen LogP contribution >= 0.6 is 0 Å². The van der Waals surface area contributed by atoms with Crippen LogP contribution in [-0.4, -0.2) is 90.7 Å². The Labute approximate surface area is 272 Å². The summed E-state index contributed by atoms with van der Waals surface area (Å²) in [5, 5.41) is 4.89. The van der Waals surface area contributed by atoms with Crippen LogP contribution < -0.4 is 10.6 Å². The molecule has 2 amide bonds. The van der Waals surface area contributed by atoms with Gasteiger partial charge in [0.05, 0.1) is 0 Å². The summed E-state index contributed by atoms with van der Waals surface area (Å²) in [5.41, 5.74) is -0.190. The number of benzene rings is 1. The molecule has 1 aromatic carbocycles. The number of rotatable bonds is 13. The van der Waals surface area contributed by atoms with Crippen LogP contribution in [-0.2, 0) is 68.5 Å². The van der Waals surface area contributed by atoms with Crippen LogP contribution in [0.5, 0.6) is 0 Å². The molecular formula is C31H42N2O14. The van der Waals surface area contributed by atoms with Crippen LogP contribution in [0.1, 0.15) is 66.9 Å². The number of ether oxygens (including phenoxy) is 7. The molecule has 1 aliphatic rings. The zero-order valence-corrected chi connectivity index (χ0v) is 27.4. The molecule has 260 valence electrons. The van der Waals surface area contributed by atoms with E-state index in [-0.39, 0.29) is 19.4 Å². The summed E-state index contributed by atoms with van der Waals surface area (Å²) in [7, 11) is 0. The molecule has 0 saturated carbocycles. The highest BCUT2D eigenvalue weighted by Gasteiger charge is 2.53. The quantitative estimate of drug-likeness (QED) is 0.227. The van der Waals surface area contributed by atoms with Crippen molar-refractivity contribution in [3.8, 4) is 0 Å². The molecule has 0 aromatic heterocycles. The Bertz CT molecular complexity index is 1280. The van der Waals surface area contributed by atoms with Gasteiger partial charge >= 0.3 is 35.9 Å². The molecule has 1 aromatic rings. The highest BCUT2D eigenvalue weighted by molar-refractivity contribution is 5.86. The van der Waals surface area contributed by atoms with Gasteiger partial charge in [0.1, 0.15) is 31.0 Å². The number of nitrogens with one attached hydrogen (secondary N) is 2. The van der Waals surface area contributed by atoms with E-state index in [1.54, 1.807) is 45.0 Å². The third-order valence-electron chi connectivity index (χ3n) is 6.16. The van der Waals surface area contributed by atoms with Crippen LogP contribution in [0.4, 0.5) is 4.79 Å². The van der Waals surface area contributed by atoms with Gasteiger partial charge in [0, 0.05) is 34.1 Å². The zero-order chi connectivity index (χ0) is 35.3. The summed E-state index contributed by atoms with van der Waals surface area (Å²) in [5.74, 6) is -4.87. The SMILES string of the molecule is CC(=O)OC[C@H]1O[C@@H](NC(=O)[C@H](CCC(=O)OCc2ccccc2)NC(=O)OC(C)(C)C)[C@H](OC(C)=O)[C@@H](OC(C)=O)[C@H]1OC(C)=O. The predicted octanol–water partition coefficient (Wildman–Crippen LogP) is 1.60. The van der Waals surface area contributed by atoms with Gasteiger partial charge in [-0.2, -0.15) is 0 Å². The molecule has 16 nitrogen and oxygen atoms in total. The molecule has 0 spiro atoms. The smallest absolute Gasteiger partial charge is 0.408 e.